The summed E-state index contributed by atoms with van der Waals surface area (Å²) in [4.78, 5) is 27.4. The second-order valence-electron chi connectivity index (χ2n) is 8.26. The molecule has 1 N–H and O–H groups in total. The van der Waals surface area contributed by atoms with Crippen LogP contribution in [0.2, 0.25) is 0 Å². The van der Waals surface area contributed by atoms with Gasteiger partial charge in [0.15, 0.2) is 23.0 Å². The molecule has 2 atom stereocenters. The number of nitrogens with zero attached hydrogens (tertiary/aromatic N) is 3. The second kappa shape index (κ2) is 8.70. The van der Waals surface area contributed by atoms with Gasteiger partial charge in [-0.05, 0) is 24.1 Å². The van der Waals surface area contributed by atoms with E-state index in [0.717, 1.165) is 5.56 Å². The minimum Gasteiger partial charge on any atom is -0.502 e. The number of para-hydroxylation sites is 1. The molecule has 2 aliphatic rings. The van der Waals surface area contributed by atoms with Crippen LogP contribution in [0.25, 0.3) is 0 Å². The number of rotatable bonds is 2. The van der Waals surface area contributed by atoms with E-state index in [1.807, 2.05) is 48.3 Å². The van der Waals surface area contributed by atoms with Crippen LogP contribution >= 0.6 is 0 Å². The zero-order valence-electron chi connectivity index (χ0n) is 18.6. The summed E-state index contributed by atoms with van der Waals surface area (Å²) in [5.74, 6) is -1.44. The summed E-state index contributed by atoms with van der Waals surface area (Å²) in [6.07, 6.45) is 5.68. The monoisotopic (exact) mass is 461 g/mol. The third-order valence-corrected chi connectivity index (χ3v) is 6.30. The molecule has 0 saturated heterocycles. The molecule has 2 aromatic carbocycles. The molecule has 8 heteroatoms. The predicted octanol–water partition coefficient (Wildman–Crippen LogP) is 3.56. The molecule has 1 aromatic heterocycles. The van der Waals surface area contributed by atoms with Gasteiger partial charge in [0.05, 0.1) is 6.04 Å². The van der Waals surface area contributed by atoms with Crippen molar-refractivity contribution in [2.75, 3.05) is 18.3 Å². The van der Waals surface area contributed by atoms with Crippen LogP contribution in [-0.2, 0) is 0 Å². The van der Waals surface area contributed by atoms with Gasteiger partial charge in [0.1, 0.15) is 19.3 Å². The minimum atomic E-state index is -0.639. The maximum Gasteiger partial charge on any atom is 0.278 e. The standard InChI is InChI=1S/C26H24FN3O4/c1-2-18-10-7-15-34-25-19(11-6-12-20(25)27)22(17-8-4-3-5-9-17)30-16-28(18)26(33)23-24(32)21(31)13-14-29(23)30/h3-14,18,22,32H,2,15-16H2,1H3/b10-7+/t18-,22-/m0/s1. The number of carbonyl (C=O) groups is 1. The van der Waals surface area contributed by atoms with E-state index in [9.17, 15) is 14.7 Å². The van der Waals surface area contributed by atoms with Crippen LogP contribution in [0.3, 0.4) is 0 Å². The predicted molar refractivity (Wildman–Crippen MR) is 125 cm³/mol. The third kappa shape index (κ3) is 3.51. The minimum absolute atomic E-state index is 0.117. The molecule has 3 heterocycles. The van der Waals surface area contributed by atoms with E-state index < -0.39 is 28.9 Å². The molecule has 0 fully saturated rings. The Labute approximate surface area is 195 Å². The molecule has 1 amide bonds. The lowest BCUT2D eigenvalue weighted by atomic mass is 9.96. The van der Waals surface area contributed by atoms with E-state index in [2.05, 4.69) is 0 Å². The molecule has 34 heavy (non-hydrogen) atoms. The van der Waals surface area contributed by atoms with Crippen molar-refractivity contribution in [1.29, 1.82) is 0 Å². The van der Waals surface area contributed by atoms with Crippen LogP contribution < -0.4 is 15.2 Å². The van der Waals surface area contributed by atoms with Crippen LogP contribution in [0.4, 0.5) is 4.39 Å². The van der Waals surface area contributed by atoms with Crippen molar-refractivity contribution in [3.63, 3.8) is 0 Å². The first-order chi connectivity index (χ1) is 16.5. The number of hydrogen-bond donors (Lipinski definition) is 1. The second-order valence-corrected chi connectivity index (χ2v) is 8.26. The fourth-order valence-electron chi connectivity index (χ4n) is 4.66. The van der Waals surface area contributed by atoms with Gasteiger partial charge in [0.25, 0.3) is 5.91 Å². The van der Waals surface area contributed by atoms with Gasteiger partial charge < -0.3 is 14.7 Å². The average Bonchev–Trinajstić information content (AvgIpc) is 2.87. The highest BCUT2D eigenvalue weighted by Crippen LogP contribution is 2.38. The van der Waals surface area contributed by atoms with Gasteiger partial charge in [-0.3, -0.25) is 19.3 Å². The van der Waals surface area contributed by atoms with Crippen molar-refractivity contribution in [1.82, 2.24) is 9.58 Å². The van der Waals surface area contributed by atoms with Gasteiger partial charge in [-0.2, -0.15) is 0 Å². The Morgan fingerprint density at radius 1 is 1.09 bits per heavy atom. The lowest BCUT2D eigenvalue weighted by Crippen LogP contribution is -2.57. The number of hydrogen-bond acceptors (Lipinski definition) is 5. The number of fused-ring (bicyclic) bond motifs is 5. The number of ether oxygens (including phenoxy) is 1. The van der Waals surface area contributed by atoms with Gasteiger partial charge in [-0.15, -0.1) is 0 Å². The average molecular weight is 461 g/mol. The first kappa shape index (κ1) is 21.8. The number of benzene rings is 2. The third-order valence-electron chi connectivity index (χ3n) is 6.30. The molecule has 0 unspecified atom stereocenters. The molecule has 0 aliphatic carbocycles. The fraction of sp³-hybridized carbons (Fsp3) is 0.231. The molecule has 7 nitrogen and oxygen atoms in total. The van der Waals surface area contributed by atoms with Crippen molar-refractivity contribution < 1.29 is 19.0 Å². The highest BCUT2D eigenvalue weighted by molar-refractivity contribution is 5.96. The Morgan fingerprint density at radius 2 is 1.88 bits per heavy atom. The van der Waals surface area contributed by atoms with Crippen LogP contribution in [0.1, 0.15) is 41.0 Å². The zero-order chi connectivity index (χ0) is 23.8. The summed E-state index contributed by atoms with van der Waals surface area (Å²) in [6.45, 7) is 2.22. The van der Waals surface area contributed by atoms with E-state index in [1.54, 1.807) is 23.1 Å². The number of aromatic nitrogens is 1. The number of pyridine rings is 1. The van der Waals surface area contributed by atoms with Crippen molar-refractivity contribution in [3.8, 4) is 11.5 Å². The molecule has 5 rings (SSSR count). The lowest BCUT2D eigenvalue weighted by Gasteiger charge is -2.45. The summed E-state index contributed by atoms with van der Waals surface area (Å²) in [5, 5.41) is 12.5. The molecule has 3 aromatic rings. The summed E-state index contributed by atoms with van der Waals surface area (Å²) >= 11 is 0. The van der Waals surface area contributed by atoms with Gasteiger partial charge in [-0.25, -0.2) is 4.39 Å². The van der Waals surface area contributed by atoms with E-state index in [0.29, 0.717) is 12.0 Å². The lowest BCUT2D eigenvalue weighted by molar-refractivity contribution is 0.0626. The van der Waals surface area contributed by atoms with Crippen molar-refractivity contribution in [2.45, 2.75) is 25.4 Å². The normalized spacial score (nSPS) is 20.6. The number of aromatic hydroxyl groups is 1. The van der Waals surface area contributed by atoms with Crippen LogP contribution in [-0.4, -0.2) is 39.9 Å². The Morgan fingerprint density at radius 3 is 2.65 bits per heavy atom. The molecule has 174 valence electrons. The summed E-state index contributed by atoms with van der Waals surface area (Å²) in [6, 6.07) is 14.6. The van der Waals surface area contributed by atoms with Crippen molar-refractivity contribution >= 4 is 5.91 Å². The Bertz CT molecular complexity index is 1320. The highest BCUT2D eigenvalue weighted by Gasteiger charge is 2.39. The highest BCUT2D eigenvalue weighted by atomic mass is 19.1. The Hall–Kier alpha value is -4.07. The number of carbonyl (C=O) groups excluding carboxylic acids is 1. The summed E-state index contributed by atoms with van der Waals surface area (Å²) in [5.41, 5.74) is 0.634. The van der Waals surface area contributed by atoms with E-state index in [1.165, 1.54) is 23.0 Å². The molecular formula is C26H24FN3O4. The van der Waals surface area contributed by atoms with E-state index in [4.69, 9.17) is 4.74 Å². The topological polar surface area (TPSA) is 75.0 Å². The Balaban J connectivity index is 1.83. The van der Waals surface area contributed by atoms with Gasteiger partial charge in [-0.1, -0.05) is 55.5 Å². The summed E-state index contributed by atoms with van der Waals surface area (Å²) < 4.78 is 22.4. The number of halogens is 1. The molecule has 2 aliphatic heterocycles. The Kier molecular flexibility index (Phi) is 5.57. The first-order valence-corrected chi connectivity index (χ1v) is 11.2. The van der Waals surface area contributed by atoms with Crippen LogP contribution in [0, 0.1) is 5.82 Å². The van der Waals surface area contributed by atoms with Gasteiger partial charge in [0, 0.05) is 17.8 Å². The maximum absolute atomic E-state index is 15.0. The smallest absolute Gasteiger partial charge is 0.278 e. The molecule has 0 radical (unpaired) electrons. The van der Waals surface area contributed by atoms with Gasteiger partial charge >= 0.3 is 0 Å². The fourth-order valence-corrected chi connectivity index (χ4v) is 4.66. The van der Waals surface area contributed by atoms with Crippen molar-refractivity contribution in [2.24, 2.45) is 0 Å². The molecule has 0 spiro atoms. The molecule has 0 saturated carbocycles. The number of amides is 1. The van der Waals surface area contributed by atoms with Crippen LogP contribution in [0.5, 0.6) is 11.5 Å². The molecular weight excluding hydrogens is 437 g/mol. The summed E-state index contributed by atoms with van der Waals surface area (Å²) in [7, 11) is 0. The van der Waals surface area contributed by atoms with Gasteiger partial charge in [0.2, 0.25) is 5.43 Å². The van der Waals surface area contributed by atoms with Crippen LogP contribution in [0.15, 0.2) is 77.7 Å². The quantitative estimate of drug-likeness (QED) is 0.591. The van der Waals surface area contributed by atoms with E-state index >= 15 is 4.39 Å². The van der Waals surface area contributed by atoms with E-state index in [-0.39, 0.29) is 30.8 Å². The molecule has 2 bridgehead atoms. The SMILES string of the molecule is CC[C@H]1/C=C/COc2c(F)cccc2[C@H](c2ccccc2)N2CN1C(=O)c1c(O)c(=O)ccn12. The first-order valence-electron chi connectivity index (χ1n) is 11.2. The largest absolute Gasteiger partial charge is 0.502 e. The van der Waals surface area contributed by atoms with Crippen molar-refractivity contribution in [3.05, 3.63) is 106 Å². The maximum atomic E-state index is 15.0. The zero-order valence-corrected chi connectivity index (χ0v) is 18.6.